The van der Waals surface area contributed by atoms with Gasteiger partial charge in [-0.1, -0.05) is 6.07 Å². The Morgan fingerprint density at radius 2 is 2.17 bits per heavy atom. The quantitative estimate of drug-likeness (QED) is 0.754. The predicted octanol–water partition coefficient (Wildman–Crippen LogP) is 0.558. The van der Waals surface area contributed by atoms with E-state index in [2.05, 4.69) is 11.6 Å². The fourth-order valence-corrected chi connectivity index (χ4v) is 2.13. The molecule has 90 valence electrons. The predicted molar refractivity (Wildman–Crippen MR) is 63.8 cm³/mol. The van der Waals surface area contributed by atoms with Crippen LogP contribution in [0.3, 0.4) is 0 Å². The first kappa shape index (κ1) is 16.2. The molecule has 0 aliphatic heterocycles. The fourth-order valence-electron chi connectivity index (χ4n) is 1.39. The average Bonchev–Trinajstić information content (AvgIpc) is 2.83. The van der Waals surface area contributed by atoms with Crippen LogP contribution in [-0.4, -0.2) is 16.5 Å². The summed E-state index contributed by atoms with van der Waals surface area (Å²) in [6.07, 6.45) is 3.02. The van der Waals surface area contributed by atoms with Gasteiger partial charge >= 0.3 is 58.4 Å². The Kier molecular flexibility index (Phi) is 5.88. The van der Waals surface area contributed by atoms with Crippen LogP contribution in [0.4, 0.5) is 12.9 Å². The second kappa shape index (κ2) is 6.54. The molecule has 0 saturated heterocycles. The zero-order valence-electron chi connectivity index (χ0n) is 9.81. The van der Waals surface area contributed by atoms with E-state index in [-0.39, 0.29) is 57.9 Å². The first-order chi connectivity index (χ1) is 7.98. The van der Waals surface area contributed by atoms with Gasteiger partial charge in [0.25, 0.3) is 0 Å². The summed E-state index contributed by atoms with van der Waals surface area (Å²) < 4.78 is 38.8. The third-order valence-corrected chi connectivity index (χ3v) is 3.16. The molecule has 0 amide bonds. The second-order valence-corrected chi connectivity index (χ2v) is 4.54. The van der Waals surface area contributed by atoms with E-state index < -0.39 is 12.4 Å². The maximum atomic E-state index is 12.4. The van der Waals surface area contributed by atoms with Gasteiger partial charge in [-0.15, -0.1) is 23.4 Å². The molecular weight excluding hydrogens is 287 g/mol. The van der Waals surface area contributed by atoms with Crippen LogP contribution in [0.15, 0.2) is 42.0 Å². The summed E-state index contributed by atoms with van der Waals surface area (Å²) in [6, 6.07) is 3.66. The molecule has 0 saturated carbocycles. The Morgan fingerprint density at radius 3 is 2.72 bits per heavy atom. The van der Waals surface area contributed by atoms with Gasteiger partial charge in [0.1, 0.15) is 5.82 Å². The minimum absolute atomic E-state index is 0. The molecule has 0 unspecified atom stereocenters. The first-order valence-corrected chi connectivity index (χ1v) is 5.79. The summed E-state index contributed by atoms with van der Waals surface area (Å²) in [6.45, 7) is -2.18. The van der Waals surface area contributed by atoms with Crippen LogP contribution in [-0.2, 0) is 6.54 Å². The van der Waals surface area contributed by atoms with Gasteiger partial charge in [0.05, 0.1) is 4.88 Å². The van der Waals surface area contributed by atoms with Crippen LogP contribution in [0.1, 0.15) is 0 Å². The molecule has 0 bridgehead atoms. The van der Waals surface area contributed by atoms with Crippen molar-refractivity contribution in [3.8, 4) is 10.7 Å². The second-order valence-electron chi connectivity index (χ2n) is 3.59. The molecule has 0 radical (unpaired) electrons. The van der Waals surface area contributed by atoms with Crippen molar-refractivity contribution < 1.29 is 64.3 Å². The monoisotopic (exact) mass is 296 g/mol. The Morgan fingerprint density at radius 1 is 1.44 bits per heavy atom. The van der Waals surface area contributed by atoms with Crippen LogP contribution < -0.4 is 51.4 Å². The van der Waals surface area contributed by atoms with Gasteiger partial charge in [0.15, 0.2) is 0 Å². The number of imidazole rings is 1. The maximum absolute atomic E-state index is 12.4. The van der Waals surface area contributed by atoms with Gasteiger partial charge in [0.2, 0.25) is 0 Å². The van der Waals surface area contributed by atoms with E-state index in [1.807, 2.05) is 17.5 Å². The van der Waals surface area contributed by atoms with Gasteiger partial charge in [-0.05, 0) is 11.4 Å². The minimum atomic E-state index is -4.99. The summed E-state index contributed by atoms with van der Waals surface area (Å²) >= 11 is 1.44. The summed E-state index contributed by atoms with van der Waals surface area (Å²) in [5.41, 5.74) is -0.721. The summed E-state index contributed by atoms with van der Waals surface area (Å²) in [4.78, 5) is 4.91. The number of hydrogen-bond acceptors (Lipinski definition) is 2. The number of allylic oxidation sites excluding steroid dienone is 1. The molecule has 0 fully saturated rings. The van der Waals surface area contributed by atoms with Gasteiger partial charge < -0.3 is 17.5 Å². The molecule has 18 heavy (non-hydrogen) atoms. The van der Waals surface area contributed by atoms with Crippen molar-refractivity contribution >= 4 is 18.3 Å². The van der Waals surface area contributed by atoms with Gasteiger partial charge in [-0.2, -0.15) is 0 Å². The number of nitrogens with zero attached hydrogens (tertiary/aromatic N) is 2. The van der Waals surface area contributed by atoms with Crippen LogP contribution in [0.5, 0.6) is 0 Å². The Hall–Kier alpha value is 0.141. The zero-order valence-corrected chi connectivity index (χ0v) is 13.8. The SMILES string of the molecule is C=C(Cn1ccnc1-c1cccs1)[B-](F)(F)F.[K+]. The van der Waals surface area contributed by atoms with E-state index in [0.29, 0.717) is 5.82 Å². The standard InChI is InChI=1S/C10H9BF3N2S.K/c1-8(11(12,13)14)7-16-5-4-15-10(16)9-3-2-6-17-9;/h2-6H,1,7H2;/q-1;+1. The number of aromatic nitrogens is 2. The zero-order chi connectivity index (χ0) is 12.5. The van der Waals surface area contributed by atoms with Crippen molar-refractivity contribution in [2.45, 2.75) is 6.54 Å². The molecule has 2 aromatic rings. The molecular formula is C10H9BF3KN2S. The Bertz CT molecular complexity index is 521. The Labute approximate surface area is 149 Å². The molecule has 0 aliphatic rings. The van der Waals surface area contributed by atoms with Crippen LogP contribution >= 0.6 is 11.3 Å². The molecule has 2 nitrogen and oxygen atoms in total. The van der Waals surface area contributed by atoms with Crippen molar-refractivity contribution in [1.29, 1.82) is 0 Å². The molecule has 0 atom stereocenters. The van der Waals surface area contributed by atoms with Gasteiger partial charge in [-0.25, -0.2) is 4.98 Å². The summed E-state index contributed by atoms with van der Waals surface area (Å²) in [7, 11) is 0. The van der Waals surface area contributed by atoms with Crippen molar-refractivity contribution in [3.05, 3.63) is 42.0 Å². The topological polar surface area (TPSA) is 17.8 Å². The molecule has 2 heterocycles. The third kappa shape index (κ3) is 3.82. The largest absolute Gasteiger partial charge is 1.00 e. The van der Waals surface area contributed by atoms with E-state index in [4.69, 9.17) is 0 Å². The molecule has 0 N–H and O–H groups in total. The normalized spacial score (nSPS) is 11.1. The summed E-state index contributed by atoms with van der Waals surface area (Å²) in [5.74, 6) is 0.543. The van der Waals surface area contributed by atoms with Gasteiger partial charge in [0, 0.05) is 18.9 Å². The molecule has 0 aromatic carbocycles. The summed E-state index contributed by atoms with van der Waals surface area (Å²) in [5, 5.41) is 1.86. The third-order valence-electron chi connectivity index (χ3n) is 2.29. The van der Waals surface area contributed by atoms with Crippen LogP contribution in [0, 0.1) is 0 Å². The molecule has 2 aromatic heterocycles. The first-order valence-electron chi connectivity index (χ1n) is 4.91. The van der Waals surface area contributed by atoms with E-state index in [0.717, 1.165) is 4.88 Å². The van der Waals surface area contributed by atoms with Crippen LogP contribution in [0.2, 0.25) is 0 Å². The smallest absolute Gasteiger partial charge is 0.445 e. The van der Waals surface area contributed by atoms with Crippen molar-refractivity contribution in [2.24, 2.45) is 0 Å². The fraction of sp³-hybridized carbons (Fsp3) is 0.100. The number of thiophene rings is 1. The minimum Gasteiger partial charge on any atom is -0.445 e. The maximum Gasteiger partial charge on any atom is 1.00 e. The van der Waals surface area contributed by atoms with Crippen molar-refractivity contribution in [3.63, 3.8) is 0 Å². The number of rotatable bonds is 4. The average molecular weight is 296 g/mol. The number of hydrogen-bond donors (Lipinski definition) is 0. The van der Waals surface area contributed by atoms with E-state index in [1.165, 1.54) is 28.3 Å². The molecule has 0 aliphatic carbocycles. The van der Waals surface area contributed by atoms with Gasteiger partial charge in [-0.3, -0.25) is 0 Å². The Balaban J connectivity index is 0.00000162. The van der Waals surface area contributed by atoms with Crippen molar-refractivity contribution in [1.82, 2.24) is 9.55 Å². The molecule has 0 spiro atoms. The van der Waals surface area contributed by atoms with E-state index >= 15 is 0 Å². The van der Waals surface area contributed by atoms with Crippen LogP contribution in [0.25, 0.3) is 10.7 Å². The number of halogens is 3. The van der Waals surface area contributed by atoms with E-state index in [1.54, 1.807) is 0 Å². The van der Waals surface area contributed by atoms with E-state index in [9.17, 15) is 12.9 Å². The van der Waals surface area contributed by atoms with Crippen molar-refractivity contribution in [2.75, 3.05) is 0 Å². The molecule has 8 heteroatoms. The molecule has 2 rings (SSSR count).